The standard InChI is InChI=1S/C27H32ClIN6O3/c1-16-2-5-18-6-9-23(35-25(18)24(16)28)33-20-7-3-17(4-8-20)10-30-27-31-11-19(12-32-27)22(15-38-29)26(36)34-21-13-37-14-21/h2,5-6,9,11-12,17,20-22H,3-4,7-8,10,13-15H2,1H3,(H,33,35)(H,34,36)(H,30,31,32). The first-order valence-electron chi connectivity index (χ1n) is 13.0. The van der Waals surface area contributed by atoms with Gasteiger partial charge in [0.15, 0.2) is 0 Å². The van der Waals surface area contributed by atoms with Crippen molar-refractivity contribution in [1.82, 2.24) is 20.3 Å². The van der Waals surface area contributed by atoms with Gasteiger partial charge >= 0.3 is 0 Å². The summed E-state index contributed by atoms with van der Waals surface area (Å²) in [4.78, 5) is 26.3. The van der Waals surface area contributed by atoms with E-state index < -0.39 is 5.92 Å². The van der Waals surface area contributed by atoms with E-state index in [0.717, 1.165) is 65.1 Å². The Morgan fingerprint density at radius 3 is 2.55 bits per heavy atom. The van der Waals surface area contributed by atoms with E-state index in [2.05, 4.69) is 38.1 Å². The molecule has 1 aliphatic carbocycles. The highest BCUT2D eigenvalue weighted by atomic mass is 127. The topological polar surface area (TPSA) is 110 Å². The number of benzene rings is 1. The average molecular weight is 651 g/mol. The van der Waals surface area contributed by atoms with Gasteiger partial charge in [-0.05, 0) is 56.2 Å². The van der Waals surface area contributed by atoms with Crippen LogP contribution in [0.3, 0.4) is 0 Å². The molecule has 202 valence electrons. The number of nitrogens with one attached hydrogen (secondary N) is 3. The monoisotopic (exact) mass is 650 g/mol. The van der Waals surface area contributed by atoms with Gasteiger partial charge in [-0.3, -0.25) is 4.79 Å². The Balaban J connectivity index is 1.09. The maximum Gasteiger partial charge on any atom is 0.230 e. The molecule has 0 radical (unpaired) electrons. The van der Waals surface area contributed by atoms with Crippen LogP contribution < -0.4 is 16.0 Å². The molecular weight excluding hydrogens is 619 g/mol. The summed E-state index contributed by atoms with van der Waals surface area (Å²) in [6.07, 6.45) is 7.78. The summed E-state index contributed by atoms with van der Waals surface area (Å²) in [5.74, 6) is 1.45. The van der Waals surface area contributed by atoms with E-state index >= 15 is 0 Å². The molecule has 2 aromatic heterocycles. The Labute approximate surface area is 241 Å². The third kappa shape index (κ3) is 6.64. The lowest BCUT2D eigenvalue weighted by molar-refractivity contribution is -0.127. The molecule has 0 bridgehead atoms. The number of anilines is 2. The number of halogens is 2. The lowest BCUT2D eigenvalue weighted by Gasteiger charge is -2.29. The highest BCUT2D eigenvalue weighted by Crippen LogP contribution is 2.29. The molecule has 3 N–H and O–H groups in total. The third-order valence-corrected chi connectivity index (χ3v) is 8.18. The van der Waals surface area contributed by atoms with E-state index in [1.807, 2.05) is 19.1 Å². The van der Waals surface area contributed by atoms with E-state index in [1.165, 1.54) is 0 Å². The highest BCUT2D eigenvalue weighted by molar-refractivity contribution is 14.1. The van der Waals surface area contributed by atoms with Crippen LogP contribution in [0.2, 0.25) is 5.02 Å². The molecule has 1 aromatic carbocycles. The third-order valence-electron chi connectivity index (χ3n) is 7.35. The number of hydrogen-bond acceptors (Lipinski definition) is 8. The van der Waals surface area contributed by atoms with Crippen molar-refractivity contribution in [1.29, 1.82) is 0 Å². The molecule has 2 aliphatic rings. The summed E-state index contributed by atoms with van der Waals surface area (Å²) in [6, 6.07) is 8.65. The molecule has 2 fully saturated rings. The lowest BCUT2D eigenvalue weighted by atomic mass is 9.86. The molecule has 9 nitrogen and oxygen atoms in total. The molecular formula is C27H32ClIN6O3. The Morgan fingerprint density at radius 1 is 1.13 bits per heavy atom. The number of carbonyl (C=O) groups is 1. The van der Waals surface area contributed by atoms with Crippen molar-refractivity contribution >= 4 is 63.2 Å². The van der Waals surface area contributed by atoms with Crippen LogP contribution in [0.5, 0.6) is 0 Å². The minimum Gasteiger partial charge on any atom is -0.377 e. The molecule has 1 amide bonds. The number of nitrogens with zero attached hydrogens (tertiary/aromatic N) is 3. The van der Waals surface area contributed by atoms with Gasteiger partial charge in [0.05, 0.1) is 42.3 Å². The molecule has 0 spiro atoms. The number of rotatable bonds is 10. The number of amides is 1. The van der Waals surface area contributed by atoms with Crippen LogP contribution in [0.15, 0.2) is 36.7 Å². The predicted molar refractivity (Wildman–Crippen MR) is 157 cm³/mol. The summed E-state index contributed by atoms with van der Waals surface area (Å²) >= 11 is 8.29. The first-order valence-corrected chi connectivity index (χ1v) is 14.3. The molecule has 1 saturated heterocycles. The van der Waals surface area contributed by atoms with Crippen molar-refractivity contribution < 1.29 is 12.6 Å². The number of hydrogen-bond donors (Lipinski definition) is 3. The van der Waals surface area contributed by atoms with Crippen LogP contribution in [0.25, 0.3) is 10.9 Å². The van der Waals surface area contributed by atoms with Gasteiger partial charge in [-0.25, -0.2) is 15.0 Å². The van der Waals surface area contributed by atoms with Crippen LogP contribution in [0.4, 0.5) is 11.8 Å². The van der Waals surface area contributed by atoms with Crippen LogP contribution in [0, 0.1) is 12.8 Å². The smallest absolute Gasteiger partial charge is 0.230 e. The molecule has 1 atom stereocenters. The van der Waals surface area contributed by atoms with E-state index in [9.17, 15) is 4.79 Å². The predicted octanol–water partition coefficient (Wildman–Crippen LogP) is 5.03. The maximum absolute atomic E-state index is 12.6. The van der Waals surface area contributed by atoms with Gasteiger partial charge < -0.3 is 23.8 Å². The van der Waals surface area contributed by atoms with Gasteiger partial charge in [0, 0.05) is 35.9 Å². The van der Waals surface area contributed by atoms with Gasteiger partial charge in [-0.2, -0.15) is 0 Å². The normalized spacial score (nSPS) is 20.5. The van der Waals surface area contributed by atoms with E-state index in [4.69, 9.17) is 24.4 Å². The summed E-state index contributed by atoms with van der Waals surface area (Å²) in [5, 5.41) is 11.7. The number of ether oxygens (including phenoxy) is 1. The zero-order chi connectivity index (χ0) is 26.5. The van der Waals surface area contributed by atoms with Gasteiger partial charge in [-0.15, -0.1) is 0 Å². The minimum atomic E-state index is -0.457. The first kappa shape index (κ1) is 27.3. The van der Waals surface area contributed by atoms with Gasteiger partial charge in [-0.1, -0.05) is 23.7 Å². The van der Waals surface area contributed by atoms with Crippen LogP contribution >= 0.6 is 34.6 Å². The fourth-order valence-corrected chi connectivity index (χ4v) is 5.48. The highest BCUT2D eigenvalue weighted by Gasteiger charge is 2.27. The fraction of sp³-hybridized carbons (Fsp3) is 0.481. The average Bonchev–Trinajstić information content (AvgIpc) is 2.91. The van der Waals surface area contributed by atoms with Crippen LogP contribution in [-0.2, 0) is 12.6 Å². The zero-order valence-corrected chi connectivity index (χ0v) is 24.2. The summed E-state index contributed by atoms with van der Waals surface area (Å²) < 4.78 is 10.4. The second kappa shape index (κ2) is 12.7. The molecule has 38 heavy (non-hydrogen) atoms. The molecule has 1 saturated carbocycles. The Hall–Kier alpha value is -2.28. The summed E-state index contributed by atoms with van der Waals surface area (Å²) in [5.41, 5.74) is 2.62. The van der Waals surface area contributed by atoms with Gasteiger partial charge in [0.1, 0.15) is 28.8 Å². The number of aromatic nitrogens is 3. The Kier molecular flexibility index (Phi) is 9.13. The van der Waals surface area contributed by atoms with Crippen molar-refractivity contribution in [3.05, 3.63) is 52.8 Å². The van der Waals surface area contributed by atoms with E-state index in [-0.39, 0.29) is 18.6 Å². The second-order valence-corrected chi connectivity index (χ2v) is 11.1. The molecule has 11 heteroatoms. The zero-order valence-electron chi connectivity index (χ0n) is 21.3. The number of aryl methyl sites for hydroxylation is 1. The van der Waals surface area contributed by atoms with E-state index in [1.54, 1.807) is 35.4 Å². The molecule has 1 aliphatic heterocycles. The van der Waals surface area contributed by atoms with Crippen molar-refractivity contribution in [2.45, 2.75) is 50.6 Å². The molecule has 1 unspecified atom stereocenters. The fourth-order valence-electron chi connectivity index (χ4n) is 4.91. The Morgan fingerprint density at radius 2 is 1.87 bits per heavy atom. The largest absolute Gasteiger partial charge is 0.377 e. The van der Waals surface area contributed by atoms with Crippen molar-refractivity contribution in [2.24, 2.45) is 5.92 Å². The summed E-state index contributed by atoms with van der Waals surface area (Å²) in [6.45, 7) is 4.18. The SMILES string of the molecule is Cc1ccc2ccc(NC3CCC(CNc4ncc(C(COI)C(=O)NC5COC5)cn4)CC3)nc2c1Cl. The molecule has 3 heterocycles. The van der Waals surface area contributed by atoms with Gasteiger partial charge in [0.25, 0.3) is 0 Å². The Bertz CT molecular complexity index is 1250. The molecule has 5 rings (SSSR count). The van der Waals surface area contributed by atoms with Crippen molar-refractivity contribution in [3.63, 3.8) is 0 Å². The van der Waals surface area contributed by atoms with Gasteiger partial charge in [0.2, 0.25) is 11.9 Å². The quantitative estimate of drug-likeness (QED) is 0.262. The second-order valence-electron chi connectivity index (χ2n) is 10.1. The lowest BCUT2D eigenvalue weighted by Crippen LogP contribution is -2.50. The number of pyridine rings is 1. The van der Waals surface area contributed by atoms with Crippen molar-refractivity contribution in [3.8, 4) is 0 Å². The molecule has 3 aromatic rings. The van der Waals surface area contributed by atoms with Crippen molar-refractivity contribution in [2.75, 3.05) is 37.0 Å². The number of carbonyl (C=O) groups excluding carboxylic acids is 1. The summed E-state index contributed by atoms with van der Waals surface area (Å²) in [7, 11) is 0. The first-order chi connectivity index (χ1) is 18.5. The van der Waals surface area contributed by atoms with E-state index in [0.29, 0.717) is 31.1 Å². The van der Waals surface area contributed by atoms with Crippen LogP contribution in [0.1, 0.15) is 42.7 Å². The maximum atomic E-state index is 12.6. The minimum absolute atomic E-state index is 0.0676. The van der Waals surface area contributed by atoms with Crippen LogP contribution in [-0.4, -0.2) is 59.3 Å². The number of fused-ring (bicyclic) bond motifs is 1.